The Hall–Kier alpha value is -1.67. The maximum Gasteiger partial charge on any atom is 0.250 e. The number of aryl methyl sites for hydroxylation is 1. The number of nitrogens with zero attached hydrogens (tertiary/aromatic N) is 4. The third-order valence-electron chi connectivity index (χ3n) is 3.07. The Bertz CT molecular complexity index is 880. The van der Waals surface area contributed by atoms with Crippen LogP contribution in [0, 0.1) is 6.92 Å². The number of rotatable bonds is 4. The van der Waals surface area contributed by atoms with Gasteiger partial charge in [-0.2, -0.15) is 9.97 Å². The SMILES string of the molecule is COc1ccc(-c2nc(Nc3nc(C)cs3)nc(C(Cl)(Cl)Cl)n2)cc1. The van der Waals surface area contributed by atoms with E-state index < -0.39 is 3.79 Å². The molecule has 0 unspecified atom stereocenters. The van der Waals surface area contributed by atoms with Gasteiger partial charge in [0.05, 0.1) is 12.8 Å². The second-order valence-corrected chi connectivity index (χ2v) is 8.09. The van der Waals surface area contributed by atoms with Crippen molar-refractivity contribution in [3.8, 4) is 17.1 Å². The average Bonchev–Trinajstić information content (AvgIpc) is 2.98. The minimum absolute atomic E-state index is 0.0223. The van der Waals surface area contributed by atoms with Crippen LogP contribution in [0.2, 0.25) is 0 Å². The molecule has 6 nitrogen and oxygen atoms in total. The second kappa shape index (κ2) is 7.29. The third kappa shape index (κ3) is 4.49. The van der Waals surface area contributed by atoms with Crippen LogP contribution in [0.25, 0.3) is 11.4 Å². The Morgan fingerprint density at radius 2 is 1.76 bits per heavy atom. The largest absolute Gasteiger partial charge is 0.497 e. The van der Waals surface area contributed by atoms with E-state index in [0.717, 1.165) is 17.0 Å². The zero-order valence-electron chi connectivity index (χ0n) is 13.1. The topological polar surface area (TPSA) is 72.8 Å². The van der Waals surface area contributed by atoms with Gasteiger partial charge in [0, 0.05) is 10.9 Å². The lowest BCUT2D eigenvalue weighted by Crippen LogP contribution is -2.12. The zero-order valence-corrected chi connectivity index (χ0v) is 16.2. The average molecular weight is 417 g/mol. The molecule has 2 aromatic heterocycles. The van der Waals surface area contributed by atoms with E-state index in [-0.39, 0.29) is 11.8 Å². The maximum atomic E-state index is 5.96. The highest BCUT2D eigenvalue weighted by Gasteiger charge is 2.28. The van der Waals surface area contributed by atoms with Gasteiger partial charge in [0.2, 0.25) is 9.74 Å². The fourth-order valence-corrected chi connectivity index (χ4v) is 2.87. The van der Waals surface area contributed by atoms with Gasteiger partial charge in [-0.1, -0.05) is 34.8 Å². The Kier molecular flexibility index (Phi) is 5.29. The van der Waals surface area contributed by atoms with Gasteiger partial charge in [0.25, 0.3) is 0 Å². The molecule has 0 amide bonds. The van der Waals surface area contributed by atoms with Crippen molar-refractivity contribution in [2.75, 3.05) is 12.4 Å². The van der Waals surface area contributed by atoms with E-state index in [9.17, 15) is 0 Å². The molecular formula is C15H12Cl3N5OS. The Balaban J connectivity index is 2.02. The van der Waals surface area contributed by atoms with Crippen LogP contribution in [-0.2, 0) is 3.79 Å². The van der Waals surface area contributed by atoms with Crippen molar-refractivity contribution in [1.29, 1.82) is 0 Å². The molecule has 3 aromatic rings. The summed E-state index contributed by atoms with van der Waals surface area (Å²) in [4.78, 5) is 17.2. The van der Waals surface area contributed by atoms with Crippen LogP contribution in [0.15, 0.2) is 29.6 Å². The summed E-state index contributed by atoms with van der Waals surface area (Å²) in [5, 5.41) is 5.56. The first-order valence-electron chi connectivity index (χ1n) is 7.02. The summed E-state index contributed by atoms with van der Waals surface area (Å²) < 4.78 is 3.37. The summed E-state index contributed by atoms with van der Waals surface area (Å²) in [6, 6.07) is 7.22. The van der Waals surface area contributed by atoms with Gasteiger partial charge in [0.1, 0.15) is 5.75 Å². The summed E-state index contributed by atoms with van der Waals surface area (Å²) in [7, 11) is 1.59. The number of hydrogen-bond acceptors (Lipinski definition) is 7. The van der Waals surface area contributed by atoms with Gasteiger partial charge >= 0.3 is 0 Å². The van der Waals surface area contributed by atoms with Crippen molar-refractivity contribution in [2.45, 2.75) is 10.7 Å². The van der Waals surface area contributed by atoms with Crippen LogP contribution in [-0.4, -0.2) is 27.0 Å². The van der Waals surface area contributed by atoms with Crippen LogP contribution < -0.4 is 10.1 Å². The van der Waals surface area contributed by atoms with Gasteiger partial charge in [-0.05, 0) is 31.2 Å². The molecule has 0 aliphatic rings. The van der Waals surface area contributed by atoms with Crippen LogP contribution >= 0.6 is 46.1 Å². The van der Waals surface area contributed by atoms with E-state index in [1.807, 2.05) is 24.4 Å². The van der Waals surface area contributed by atoms with Crippen LogP contribution in [0.5, 0.6) is 5.75 Å². The van der Waals surface area contributed by atoms with Gasteiger partial charge in [-0.25, -0.2) is 9.97 Å². The van der Waals surface area contributed by atoms with E-state index in [4.69, 9.17) is 39.5 Å². The minimum atomic E-state index is -1.78. The highest BCUT2D eigenvalue weighted by atomic mass is 35.6. The first kappa shape index (κ1) is 18.1. The number of alkyl halides is 3. The van der Waals surface area contributed by atoms with Gasteiger partial charge in [-0.15, -0.1) is 11.3 Å². The maximum absolute atomic E-state index is 5.96. The first-order chi connectivity index (χ1) is 11.8. The molecule has 10 heteroatoms. The van der Waals surface area contributed by atoms with Crippen LogP contribution in [0.1, 0.15) is 11.5 Å². The van der Waals surface area contributed by atoms with E-state index >= 15 is 0 Å². The van der Waals surface area contributed by atoms with Crippen LogP contribution in [0.3, 0.4) is 0 Å². The molecule has 0 aliphatic carbocycles. The number of hydrogen-bond donors (Lipinski definition) is 1. The van der Waals surface area contributed by atoms with Gasteiger partial charge < -0.3 is 4.74 Å². The van der Waals surface area contributed by atoms with Crippen molar-refractivity contribution < 1.29 is 4.74 Å². The number of thiazole rings is 1. The van der Waals surface area contributed by atoms with Crippen LogP contribution in [0.4, 0.5) is 11.1 Å². The lowest BCUT2D eigenvalue weighted by molar-refractivity contribution is 0.415. The summed E-state index contributed by atoms with van der Waals surface area (Å²) >= 11 is 19.3. The normalized spacial score (nSPS) is 11.4. The molecular weight excluding hydrogens is 405 g/mol. The highest BCUT2D eigenvalue weighted by Crippen LogP contribution is 2.37. The smallest absolute Gasteiger partial charge is 0.250 e. The van der Waals surface area contributed by atoms with E-state index in [1.54, 1.807) is 19.2 Å². The Morgan fingerprint density at radius 3 is 2.32 bits per heavy atom. The van der Waals surface area contributed by atoms with Crippen molar-refractivity contribution in [1.82, 2.24) is 19.9 Å². The highest BCUT2D eigenvalue weighted by molar-refractivity contribution is 7.13. The fraction of sp³-hybridized carbons (Fsp3) is 0.200. The molecule has 130 valence electrons. The molecule has 0 aliphatic heterocycles. The third-order valence-corrected chi connectivity index (χ3v) is 4.46. The molecule has 2 heterocycles. The zero-order chi connectivity index (χ0) is 18.0. The lowest BCUT2D eigenvalue weighted by Gasteiger charge is -2.12. The van der Waals surface area contributed by atoms with Gasteiger partial charge in [0.15, 0.2) is 16.8 Å². The van der Waals surface area contributed by atoms with Crippen molar-refractivity contribution >= 4 is 57.2 Å². The quantitative estimate of drug-likeness (QED) is 0.611. The number of aromatic nitrogens is 4. The summed E-state index contributed by atoms with van der Waals surface area (Å²) in [5.41, 5.74) is 1.62. The molecule has 0 saturated carbocycles. The van der Waals surface area contributed by atoms with Crippen molar-refractivity contribution in [3.63, 3.8) is 0 Å². The van der Waals surface area contributed by atoms with E-state index in [2.05, 4.69) is 25.3 Å². The standard InChI is InChI=1S/C15H12Cl3N5OS/c1-8-7-25-14(19-8)23-13-21-11(20-12(22-13)15(16,17)18)9-3-5-10(24-2)6-4-9/h3-7H,1-2H3,(H,19,20,21,22,23). The van der Waals surface area contributed by atoms with E-state index in [1.165, 1.54) is 11.3 Å². The molecule has 3 rings (SSSR count). The predicted molar refractivity (Wildman–Crippen MR) is 101 cm³/mol. The fourth-order valence-electron chi connectivity index (χ4n) is 1.93. The Labute approximate surface area is 163 Å². The Morgan fingerprint density at radius 1 is 1.04 bits per heavy atom. The summed E-state index contributed by atoms with van der Waals surface area (Å²) in [6.07, 6.45) is 0. The number of anilines is 2. The molecule has 0 fully saturated rings. The first-order valence-corrected chi connectivity index (χ1v) is 9.03. The molecule has 0 saturated heterocycles. The van der Waals surface area contributed by atoms with Crippen molar-refractivity contribution in [2.24, 2.45) is 0 Å². The number of methoxy groups -OCH3 is 1. The molecule has 0 atom stereocenters. The molecule has 1 aromatic carbocycles. The minimum Gasteiger partial charge on any atom is -0.497 e. The lowest BCUT2D eigenvalue weighted by atomic mass is 10.2. The predicted octanol–water partition coefficient (Wildman–Crippen LogP) is 4.88. The number of nitrogens with one attached hydrogen (secondary N) is 1. The summed E-state index contributed by atoms with van der Waals surface area (Å²) in [6.45, 7) is 1.89. The molecule has 0 radical (unpaired) electrons. The monoisotopic (exact) mass is 415 g/mol. The van der Waals surface area contributed by atoms with E-state index in [0.29, 0.717) is 11.0 Å². The second-order valence-electron chi connectivity index (χ2n) is 4.95. The van der Waals surface area contributed by atoms with Crippen molar-refractivity contribution in [3.05, 3.63) is 41.2 Å². The molecule has 0 bridgehead atoms. The molecule has 0 spiro atoms. The number of benzene rings is 1. The number of halogens is 3. The summed E-state index contributed by atoms with van der Waals surface area (Å²) in [5.74, 6) is 1.36. The molecule has 1 N–H and O–H groups in total. The van der Waals surface area contributed by atoms with Gasteiger partial charge in [-0.3, -0.25) is 5.32 Å². The number of ether oxygens (including phenoxy) is 1. The molecule has 25 heavy (non-hydrogen) atoms.